The molecule has 1 aliphatic rings. The molecule has 6 nitrogen and oxygen atoms in total. The van der Waals surface area contributed by atoms with E-state index >= 15 is 0 Å². The third kappa shape index (κ3) is 4.45. The first-order valence-corrected chi connectivity index (χ1v) is 12.6. The van der Waals surface area contributed by atoms with E-state index in [-0.39, 0.29) is 24.6 Å². The molecule has 174 valence electrons. The summed E-state index contributed by atoms with van der Waals surface area (Å²) in [5.74, 6) is -0.328. The molecule has 0 radical (unpaired) electrons. The van der Waals surface area contributed by atoms with Crippen molar-refractivity contribution in [3.63, 3.8) is 0 Å². The molecule has 1 amide bonds. The van der Waals surface area contributed by atoms with Gasteiger partial charge in [-0.15, -0.1) is 11.3 Å². The molecule has 0 bridgehead atoms. The molecule has 0 atom stereocenters. The predicted molar refractivity (Wildman–Crippen MR) is 137 cm³/mol. The molecule has 0 aliphatic heterocycles. The molecular formula is C26H24ClN3O3S. The van der Waals surface area contributed by atoms with Crippen LogP contribution in [0.2, 0.25) is 5.02 Å². The van der Waals surface area contributed by atoms with Crippen LogP contribution in [0, 0.1) is 0 Å². The normalized spacial score (nSPS) is 13.1. The van der Waals surface area contributed by atoms with Crippen LogP contribution in [0.1, 0.15) is 28.8 Å². The van der Waals surface area contributed by atoms with Crippen LogP contribution in [-0.2, 0) is 37.1 Å². The summed E-state index contributed by atoms with van der Waals surface area (Å²) in [5.41, 5.74) is 2.01. The molecule has 0 spiro atoms. The minimum atomic E-state index is -0.446. The Morgan fingerprint density at radius 2 is 1.71 bits per heavy atom. The van der Waals surface area contributed by atoms with E-state index in [2.05, 4.69) is 5.32 Å². The lowest BCUT2D eigenvalue weighted by molar-refractivity contribution is -0.116. The number of aromatic nitrogens is 2. The first-order chi connectivity index (χ1) is 16.5. The van der Waals surface area contributed by atoms with Gasteiger partial charge in [-0.05, 0) is 67.5 Å². The fourth-order valence-corrected chi connectivity index (χ4v) is 6.01. The Morgan fingerprint density at radius 1 is 0.971 bits per heavy atom. The topological polar surface area (TPSA) is 73.1 Å². The highest BCUT2D eigenvalue weighted by Crippen LogP contribution is 2.34. The molecule has 1 N–H and O–H groups in total. The summed E-state index contributed by atoms with van der Waals surface area (Å²) in [5, 5.41) is 4.00. The number of aryl methyl sites for hydroxylation is 3. The number of anilines is 1. The number of fused-ring (bicyclic) bond motifs is 3. The Morgan fingerprint density at radius 3 is 2.47 bits per heavy atom. The number of carbonyl (C=O) groups excluding carboxylic acids is 1. The lowest BCUT2D eigenvalue weighted by Gasteiger charge is -2.13. The minimum Gasteiger partial charge on any atom is -0.325 e. The molecule has 0 fully saturated rings. The van der Waals surface area contributed by atoms with Gasteiger partial charge in [-0.1, -0.05) is 41.9 Å². The zero-order valence-electron chi connectivity index (χ0n) is 18.6. The largest absolute Gasteiger partial charge is 0.332 e. The summed E-state index contributed by atoms with van der Waals surface area (Å²) in [7, 11) is 0. The van der Waals surface area contributed by atoms with Gasteiger partial charge < -0.3 is 5.32 Å². The van der Waals surface area contributed by atoms with E-state index in [1.54, 1.807) is 24.3 Å². The maximum Gasteiger partial charge on any atom is 0.332 e. The van der Waals surface area contributed by atoms with Gasteiger partial charge in [0, 0.05) is 22.1 Å². The zero-order chi connectivity index (χ0) is 23.7. The van der Waals surface area contributed by atoms with E-state index in [0.717, 1.165) is 41.7 Å². The predicted octanol–water partition coefficient (Wildman–Crippen LogP) is 4.64. The van der Waals surface area contributed by atoms with Gasteiger partial charge in [0.1, 0.15) is 11.4 Å². The van der Waals surface area contributed by atoms with E-state index in [1.165, 1.54) is 20.5 Å². The molecule has 5 rings (SSSR count). The van der Waals surface area contributed by atoms with Crippen molar-refractivity contribution in [3.8, 4) is 0 Å². The average molecular weight is 494 g/mol. The van der Waals surface area contributed by atoms with E-state index in [1.807, 2.05) is 30.3 Å². The number of amides is 1. The number of hydrogen-bond donors (Lipinski definition) is 1. The average Bonchev–Trinajstić information content (AvgIpc) is 3.23. The standard InChI is InChI=1S/C26H24ClN3O3S/c27-18-10-12-19(13-11-18)28-22(31)16-30-25-23(20-8-4-5-9-21(20)34-25)24(32)29(26(30)33)15-14-17-6-2-1-3-7-17/h1-3,6-7,10-13H,4-5,8-9,14-16H2,(H,28,31). The Labute approximate surface area is 205 Å². The minimum absolute atomic E-state index is 0.164. The number of nitrogens with one attached hydrogen (secondary N) is 1. The van der Waals surface area contributed by atoms with Gasteiger partial charge >= 0.3 is 5.69 Å². The molecule has 8 heteroatoms. The third-order valence-corrected chi connectivity index (χ3v) is 7.78. The SMILES string of the molecule is O=C(Cn1c(=O)n(CCc2ccccc2)c(=O)c2c3c(sc21)CCCC3)Nc1ccc(Cl)cc1. The molecule has 0 saturated carbocycles. The van der Waals surface area contributed by atoms with Gasteiger partial charge in [0.15, 0.2) is 0 Å². The molecule has 2 heterocycles. The van der Waals surface area contributed by atoms with Crippen LogP contribution < -0.4 is 16.6 Å². The van der Waals surface area contributed by atoms with Gasteiger partial charge in [0.2, 0.25) is 5.91 Å². The van der Waals surface area contributed by atoms with Crippen LogP contribution in [0.5, 0.6) is 0 Å². The monoisotopic (exact) mass is 493 g/mol. The van der Waals surface area contributed by atoms with Crippen molar-refractivity contribution < 1.29 is 4.79 Å². The summed E-state index contributed by atoms with van der Waals surface area (Å²) in [4.78, 5) is 41.7. The van der Waals surface area contributed by atoms with Gasteiger partial charge in [-0.2, -0.15) is 0 Å². The smallest absolute Gasteiger partial charge is 0.325 e. The molecule has 0 unspecified atom stereocenters. The second-order valence-electron chi connectivity index (χ2n) is 8.51. The van der Waals surface area contributed by atoms with Crippen LogP contribution in [0.25, 0.3) is 10.2 Å². The highest BCUT2D eigenvalue weighted by Gasteiger charge is 2.24. The van der Waals surface area contributed by atoms with Crippen molar-refractivity contribution in [1.29, 1.82) is 0 Å². The third-order valence-electron chi connectivity index (χ3n) is 6.22. The Bertz CT molecular complexity index is 1470. The first kappa shape index (κ1) is 22.6. The molecule has 34 heavy (non-hydrogen) atoms. The van der Waals surface area contributed by atoms with Crippen molar-refractivity contribution in [2.45, 2.75) is 45.2 Å². The number of carbonyl (C=O) groups is 1. The van der Waals surface area contributed by atoms with E-state index in [4.69, 9.17) is 11.6 Å². The summed E-state index contributed by atoms with van der Waals surface area (Å²) in [6, 6.07) is 16.6. The number of hydrogen-bond acceptors (Lipinski definition) is 4. The van der Waals surface area contributed by atoms with E-state index in [9.17, 15) is 14.4 Å². The number of benzene rings is 2. The Balaban J connectivity index is 1.55. The van der Waals surface area contributed by atoms with Gasteiger partial charge in [0.25, 0.3) is 5.56 Å². The number of halogens is 1. The van der Waals surface area contributed by atoms with E-state index < -0.39 is 5.69 Å². The summed E-state index contributed by atoms with van der Waals surface area (Å²) in [6.07, 6.45) is 4.40. The Hall–Kier alpha value is -3.16. The fraction of sp³-hybridized carbons (Fsp3) is 0.269. The molecule has 4 aromatic rings. The van der Waals surface area contributed by atoms with Crippen molar-refractivity contribution in [1.82, 2.24) is 9.13 Å². The second kappa shape index (κ2) is 9.60. The number of nitrogens with zero attached hydrogens (tertiary/aromatic N) is 2. The van der Waals surface area contributed by atoms with Gasteiger partial charge in [0.05, 0.1) is 5.39 Å². The van der Waals surface area contributed by atoms with Crippen LogP contribution in [0.3, 0.4) is 0 Å². The van der Waals surface area contributed by atoms with Crippen LogP contribution in [-0.4, -0.2) is 15.0 Å². The van der Waals surface area contributed by atoms with Gasteiger partial charge in [-0.25, -0.2) is 4.79 Å². The summed E-state index contributed by atoms with van der Waals surface area (Å²) < 4.78 is 2.77. The second-order valence-corrected chi connectivity index (χ2v) is 10.0. The van der Waals surface area contributed by atoms with E-state index in [0.29, 0.717) is 27.3 Å². The van der Waals surface area contributed by atoms with Crippen LogP contribution >= 0.6 is 22.9 Å². The van der Waals surface area contributed by atoms with Crippen molar-refractivity contribution in [2.24, 2.45) is 0 Å². The Kier molecular flexibility index (Phi) is 6.39. The molecule has 0 saturated heterocycles. The maximum atomic E-state index is 13.5. The summed E-state index contributed by atoms with van der Waals surface area (Å²) >= 11 is 7.41. The molecule has 1 aliphatic carbocycles. The molecule has 2 aromatic heterocycles. The summed E-state index contributed by atoms with van der Waals surface area (Å²) in [6.45, 7) is 0.101. The van der Waals surface area contributed by atoms with Crippen molar-refractivity contribution in [2.75, 3.05) is 5.32 Å². The van der Waals surface area contributed by atoms with Gasteiger partial charge in [-0.3, -0.25) is 18.7 Å². The number of thiophene rings is 1. The lowest BCUT2D eigenvalue weighted by Crippen LogP contribution is -2.42. The maximum absolute atomic E-state index is 13.5. The quantitative estimate of drug-likeness (QED) is 0.425. The molecule has 2 aromatic carbocycles. The highest BCUT2D eigenvalue weighted by molar-refractivity contribution is 7.18. The first-order valence-electron chi connectivity index (χ1n) is 11.4. The lowest BCUT2D eigenvalue weighted by atomic mass is 9.97. The van der Waals surface area contributed by atoms with Crippen molar-refractivity contribution in [3.05, 3.63) is 96.5 Å². The highest BCUT2D eigenvalue weighted by atomic mass is 35.5. The van der Waals surface area contributed by atoms with Crippen molar-refractivity contribution >= 4 is 44.7 Å². The van der Waals surface area contributed by atoms with Crippen LogP contribution in [0.4, 0.5) is 5.69 Å². The fourth-order valence-electron chi connectivity index (χ4n) is 4.52. The van der Waals surface area contributed by atoms with Crippen LogP contribution in [0.15, 0.2) is 64.2 Å². The number of rotatable bonds is 6. The molecular weight excluding hydrogens is 470 g/mol. The zero-order valence-corrected chi connectivity index (χ0v) is 20.1.